The van der Waals surface area contributed by atoms with Crippen molar-refractivity contribution in [2.24, 2.45) is 0 Å². The Kier molecular flexibility index (Phi) is 3.84. The van der Waals surface area contributed by atoms with Crippen molar-refractivity contribution in [1.29, 1.82) is 0 Å². The third-order valence-electron chi connectivity index (χ3n) is 2.02. The highest BCUT2D eigenvalue weighted by Gasteiger charge is 2.30. The molecule has 1 rings (SSSR count). The Morgan fingerprint density at radius 1 is 1.57 bits per heavy atom. The summed E-state index contributed by atoms with van der Waals surface area (Å²) in [6.07, 6.45) is 4.79. The van der Waals surface area contributed by atoms with Gasteiger partial charge in [-0.05, 0) is 32.4 Å². The van der Waals surface area contributed by atoms with E-state index in [4.69, 9.17) is 9.47 Å². The zero-order valence-corrected chi connectivity index (χ0v) is 9.08. The molecule has 0 N–H and O–H groups in total. The lowest BCUT2D eigenvalue weighted by atomic mass is 10.2. The summed E-state index contributed by atoms with van der Waals surface area (Å²) in [4.78, 5) is 11.2. The molecule has 0 bridgehead atoms. The lowest BCUT2D eigenvalue weighted by Crippen LogP contribution is -2.20. The molecule has 0 spiro atoms. The predicted octanol–water partition coefficient (Wildman–Crippen LogP) is 2.06. The quantitative estimate of drug-likeness (QED) is 0.649. The molecule has 1 aliphatic rings. The van der Waals surface area contributed by atoms with Gasteiger partial charge in [0.1, 0.15) is 6.10 Å². The lowest BCUT2D eigenvalue weighted by Gasteiger charge is -2.15. The Morgan fingerprint density at radius 2 is 2.29 bits per heavy atom. The van der Waals surface area contributed by atoms with E-state index < -0.39 is 5.79 Å². The molecule has 0 aliphatic carbocycles. The number of rotatable bonds is 4. The molecule has 0 saturated carbocycles. The first-order valence-electron chi connectivity index (χ1n) is 5.06. The van der Waals surface area contributed by atoms with Gasteiger partial charge in [0, 0.05) is 6.42 Å². The van der Waals surface area contributed by atoms with E-state index in [1.165, 1.54) is 0 Å². The number of allylic oxidation sites excluding steroid dienone is 1. The Bertz CT molecular complexity index is 231. The molecule has 1 fully saturated rings. The fourth-order valence-corrected chi connectivity index (χ4v) is 1.35. The van der Waals surface area contributed by atoms with Gasteiger partial charge in [0.15, 0.2) is 11.6 Å². The molecule has 1 heterocycles. The minimum Gasteiger partial charge on any atom is -0.347 e. The summed E-state index contributed by atoms with van der Waals surface area (Å²) >= 11 is 0. The van der Waals surface area contributed by atoms with E-state index in [0.717, 1.165) is 6.42 Å². The van der Waals surface area contributed by atoms with Gasteiger partial charge in [0.05, 0.1) is 6.61 Å². The van der Waals surface area contributed by atoms with Crippen LogP contribution in [0.2, 0.25) is 0 Å². The molecule has 0 aromatic carbocycles. The van der Waals surface area contributed by atoms with Crippen LogP contribution in [0.3, 0.4) is 0 Å². The maximum absolute atomic E-state index is 11.2. The molecule has 0 radical (unpaired) electrons. The minimum absolute atomic E-state index is 0.0780. The lowest BCUT2D eigenvalue weighted by molar-refractivity contribution is -0.133. The molecule has 0 unspecified atom stereocenters. The number of ketones is 1. The maximum atomic E-state index is 11.2. The van der Waals surface area contributed by atoms with Crippen molar-refractivity contribution in [1.82, 2.24) is 0 Å². The van der Waals surface area contributed by atoms with Gasteiger partial charge in [-0.15, -0.1) is 0 Å². The second-order valence-corrected chi connectivity index (χ2v) is 3.94. The monoisotopic (exact) mass is 198 g/mol. The average Bonchev–Trinajstić information content (AvgIpc) is 2.43. The summed E-state index contributed by atoms with van der Waals surface area (Å²) in [5.41, 5.74) is 0. The molecule has 3 nitrogen and oxygen atoms in total. The van der Waals surface area contributed by atoms with Crippen LogP contribution in [0.1, 0.15) is 33.6 Å². The number of ether oxygens (including phenoxy) is 2. The highest BCUT2D eigenvalue weighted by molar-refractivity contribution is 5.89. The van der Waals surface area contributed by atoms with Crippen LogP contribution < -0.4 is 0 Å². The Morgan fingerprint density at radius 3 is 2.79 bits per heavy atom. The van der Waals surface area contributed by atoms with Crippen LogP contribution in [0.15, 0.2) is 12.2 Å². The van der Waals surface area contributed by atoms with Crippen LogP contribution in [0.5, 0.6) is 0 Å². The summed E-state index contributed by atoms with van der Waals surface area (Å²) in [5.74, 6) is -0.358. The molecule has 1 saturated heterocycles. The third-order valence-corrected chi connectivity index (χ3v) is 2.02. The molecule has 14 heavy (non-hydrogen) atoms. The molecule has 80 valence electrons. The summed E-state index contributed by atoms with van der Waals surface area (Å²) in [5, 5.41) is 0. The molecular weight excluding hydrogens is 180 g/mol. The van der Waals surface area contributed by atoms with Crippen molar-refractivity contribution in [3.05, 3.63) is 12.2 Å². The average molecular weight is 198 g/mol. The summed E-state index contributed by atoms with van der Waals surface area (Å²) < 4.78 is 10.9. The number of carbonyl (C=O) groups excluding carboxylic acids is 1. The Labute approximate surface area is 85.1 Å². The molecule has 3 heteroatoms. The zero-order chi connectivity index (χ0) is 10.6. The van der Waals surface area contributed by atoms with Gasteiger partial charge < -0.3 is 9.47 Å². The van der Waals surface area contributed by atoms with Crippen molar-refractivity contribution in [2.75, 3.05) is 6.61 Å². The summed E-state index contributed by atoms with van der Waals surface area (Å²) in [6, 6.07) is 0. The predicted molar refractivity (Wildman–Crippen MR) is 54.0 cm³/mol. The third kappa shape index (κ3) is 3.60. The van der Waals surface area contributed by atoms with Gasteiger partial charge in [0.2, 0.25) is 0 Å². The molecule has 1 atom stereocenters. The number of hydrogen-bond acceptors (Lipinski definition) is 3. The van der Waals surface area contributed by atoms with Crippen molar-refractivity contribution >= 4 is 5.78 Å². The van der Waals surface area contributed by atoms with Crippen molar-refractivity contribution in [3.8, 4) is 0 Å². The zero-order valence-electron chi connectivity index (χ0n) is 9.08. The molecule has 0 aromatic heterocycles. The Balaban J connectivity index is 2.35. The van der Waals surface area contributed by atoms with Gasteiger partial charge in [0.25, 0.3) is 0 Å². The van der Waals surface area contributed by atoms with E-state index in [9.17, 15) is 4.79 Å². The molecular formula is C11H18O3. The van der Waals surface area contributed by atoms with Crippen LogP contribution >= 0.6 is 0 Å². The Hall–Kier alpha value is -0.670. The van der Waals surface area contributed by atoms with E-state index in [2.05, 4.69) is 0 Å². The van der Waals surface area contributed by atoms with Crippen LogP contribution in [0, 0.1) is 0 Å². The first kappa shape index (κ1) is 11.4. The van der Waals surface area contributed by atoms with Crippen LogP contribution in [-0.2, 0) is 14.3 Å². The number of carbonyl (C=O) groups is 1. The second-order valence-electron chi connectivity index (χ2n) is 3.94. The van der Waals surface area contributed by atoms with Gasteiger partial charge >= 0.3 is 0 Å². The van der Waals surface area contributed by atoms with Crippen molar-refractivity contribution in [2.45, 2.75) is 45.5 Å². The van der Waals surface area contributed by atoms with Crippen molar-refractivity contribution < 1.29 is 14.3 Å². The molecule has 1 aliphatic heterocycles. The topological polar surface area (TPSA) is 35.5 Å². The van der Waals surface area contributed by atoms with Crippen molar-refractivity contribution in [3.63, 3.8) is 0 Å². The van der Waals surface area contributed by atoms with Gasteiger partial charge in [-0.2, -0.15) is 0 Å². The van der Waals surface area contributed by atoms with Gasteiger partial charge in [-0.3, -0.25) is 4.79 Å². The standard InChI is InChI=1S/C11H18O3/c1-4-5-9(12)6-7-10-8-13-11(2,3)14-10/h6-7,10H,4-5,8H2,1-3H3/b7-6+/t10-/m0/s1. The number of hydrogen-bond donors (Lipinski definition) is 0. The van der Waals surface area contributed by atoms with Gasteiger partial charge in [-0.1, -0.05) is 6.92 Å². The van der Waals surface area contributed by atoms with E-state index in [1.807, 2.05) is 20.8 Å². The molecule has 0 amide bonds. The van der Waals surface area contributed by atoms with Crippen LogP contribution in [0.25, 0.3) is 0 Å². The van der Waals surface area contributed by atoms with E-state index >= 15 is 0 Å². The summed E-state index contributed by atoms with van der Waals surface area (Å²) in [7, 11) is 0. The van der Waals surface area contributed by atoms with Crippen LogP contribution in [-0.4, -0.2) is 24.3 Å². The minimum atomic E-state index is -0.511. The smallest absolute Gasteiger partial charge is 0.163 e. The fraction of sp³-hybridized carbons (Fsp3) is 0.727. The second kappa shape index (κ2) is 4.71. The first-order valence-corrected chi connectivity index (χ1v) is 5.06. The van der Waals surface area contributed by atoms with Gasteiger partial charge in [-0.25, -0.2) is 0 Å². The van der Waals surface area contributed by atoms with E-state index in [0.29, 0.717) is 13.0 Å². The maximum Gasteiger partial charge on any atom is 0.163 e. The highest BCUT2D eigenvalue weighted by Crippen LogP contribution is 2.22. The molecule has 0 aromatic rings. The van der Waals surface area contributed by atoms with Crippen LogP contribution in [0.4, 0.5) is 0 Å². The largest absolute Gasteiger partial charge is 0.347 e. The SMILES string of the molecule is CCCC(=O)/C=C/[C@H]1COC(C)(C)O1. The van der Waals surface area contributed by atoms with E-state index in [-0.39, 0.29) is 11.9 Å². The fourth-order valence-electron chi connectivity index (χ4n) is 1.35. The highest BCUT2D eigenvalue weighted by atomic mass is 16.7. The normalized spacial score (nSPS) is 25.8. The van der Waals surface area contributed by atoms with E-state index in [1.54, 1.807) is 12.2 Å². The first-order chi connectivity index (χ1) is 6.53. The summed E-state index contributed by atoms with van der Waals surface area (Å²) in [6.45, 7) is 6.26.